The molecule has 2 heterocycles. The summed E-state index contributed by atoms with van der Waals surface area (Å²) in [5.41, 5.74) is 2.23. The number of aromatic nitrogens is 2. The lowest BCUT2D eigenvalue weighted by molar-refractivity contribution is -0.127. The zero-order chi connectivity index (χ0) is 14.5. The molecule has 0 unspecified atom stereocenters. The number of nitrogens with zero attached hydrogens (tertiary/aromatic N) is 3. The molecule has 5 nitrogen and oxygen atoms in total. The number of hydrogen-bond acceptors (Lipinski definition) is 3. The summed E-state index contributed by atoms with van der Waals surface area (Å²) < 4.78 is 1.90. The fraction of sp³-hybridized carbons (Fsp3) is 0.600. The van der Waals surface area contributed by atoms with Gasteiger partial charge < -0.3 is 5.32 Å². The second-order valence-corrected chi connectivity index (χ2v) is 5.35. The van der Waals surface area contributed by atoms with Crippen LogP contribution in [0.15, 0.2) is 18.9 Å². The standard InChI is InChI=1S/C15H24N4O/c1-4-8-19-11-13(12(2)17-19)10-18-9-6-5-7-14(18)15(20)16-3/h4,11,14H,1,5-10H2,2-3H3,(H,16,20)/t14-/m1/s1. The Labute approximate surface area is 120 Å². The number of allylic oxidation sites excluding steroid dienone is 1. The summed E-state index contributed by atoms with van der Waals surface area (Å²) in [5.74, 6) is 0.126. The van der Waals surface area contributed by atoms with Crippen molar-refractivity contribution < 1.29 is 4.79 Å². The Morgan fingerprint density at radius 1 is 1.60 bits per heavy atom. The normalized spacial score (nSPS) is 19.8. The monoisotopic (exact) mass is 276 g/mol. The number of likely N-dealkylation sites (tertiary alicyclic amines) is 1. The van der Waals surface area contributed by atoms with Crippen LogP contribution >= 0.6 is 0 Å². The number of carbonyl (C=O) groups is 1. The molecule has 0 radical (unpaired) electrons. The maximum Gasteiger partial charge on any atom is 0.237 e. The van der Waals surface area contributed by atoms with E-state index in [0.29, 0.717) is 0 Å². The first kappa shape index (κ1) is 14.8. The lowest BCUT2D eigenvalue weighted by atomic mass is 10.0. The molecule has 5 heteroatoms. The summed E-state index contributed by atoms with van der Waals surface area (Å²) in [6, 6.07) is -0.00379. The van der Waals surface area contributed by atoms with Gasteiger partial charge in [-0.05, 0) is 26.3 Å². The molecule has 1 saturated heterocycles. The molecule has 0 aliphatic carbocycles. The third-order valence-electron chi connectivity index (χ3n) is 3.90. The fourth-order valence-electron chi connectivity index (χ4n) is 2.80. The smallest absolute Gasteiger partial charge is 0.237 e. The highest BCUT2D eigenvalue weighted by molar-refractivity contribution is 5.81. The van der Waals surface area contributed by atoms with Gasteiger partial charge in [0.15, 0.2) is 0 Å². The largest absolute Gasteiger partial charge is 0.358 e. The van der Waals surface area contributed by atoms with Gasteiger partial charge in [0, 0.05) is 25.4 Å². The lowest BCUT2D eigenvalue weighted by Crippen LogP contribution is -2.48. The van der Waals surface area contributed by atoms with E-state index in [1.54, 1.807) is 7.05 Å². The summed E-state index contributed by atoms with van der Waals surface area (Å²) >= 11 is 0. The Bertz CT molecular complexity index is 480. The van der Waals surface area contributed by atoms with Crippen molar-refractivity contribution in [3.05, 3.63) is 30.1 Å². The van der Waals surface area contributed by atoms with Gasteiger partial charge in [-0.15, -0.1) is 6.58 Å². The average molecular weight is 276 g/mol. The highest BCUT2D eigenvalue weighted by atomic mass is 16.2. The van der Waals surface area contributed by atoms with Gasteiger partial charge in [-0.1, -0.05) is 12.5 Å². The molecule has 20 heavy (non-hydrogen) atoms. The molecule has 1 amide bonds. The topological polar surface area (TPSA) is 50.2 Å². The first-order valence-corrected chi connectivity index (χ1v) is 7.25. The Morgan fingerprint density at radius 3 is 3.10 bits per heavy atom. The highest BCUT2D eigenvalue weighted by Crippen LogP contribution is 2.20. The molecular weight excluding hydrogens is 252 g/mol. The van der Waals surface area contributed by atoms with Gasteiger partial charge in [0.1, 0.15) is 0 Å². The van der Waals surface area contributed by atoms with Crippen molar-refractivity contribution in [2.45, 2.75) is 45.3 Å². The van der Waals surface area contributed by atoms with Crippen LogP contribution in [0.3, 0.4) is 0 Å². The van der Waals surface area contributed by atoms with E-state index in [0.717, 1.165) is 44.6 Å². The van der Waals surface area contributed by atoms with E-state index in [9.17, 15) is 4.79 Å². The Hall–Kier alpha value is -1.62. The van der Waals surface area contributed by atoms with Crippen molar-refractivity contribution in [3.8, 4) is 0 Å². The minimum Gasteiger partial charge on any atom is -0.358 e. The van der Waals surface area contributed by atoms with Gasteiger partial charge in [0.25, 0.3) is 0 Å². The number of carbonyl (C=O) groups excluding carboxylic acids is 1. The molecule has 0 bridgehead atoms. The molecule has 0 spiro atoms. The third-order valence-corrected chi connectivity index (χ3v) is 3.90. The van der Waals surface area contributed by atoms with Crippen LogP contribution in [0.1, 0.15) is 30.5 Å². The molecule has 1 aliphatic heterocycles. The maximum atomic E-state index is 12.0. The van der Waals surface area contributed by atoms with Crippen LogP contribution in [0, 0.1) is 6.92 Å². The van der Waals surface area contributed by atoms with Crippen LogP contribution in [-0.4, -0.2) is 40.2 Å². The van der Waals surface area contributed by atoms with Gasteiger partial charge >= 0.3 is 0 Å². The van der Waals surface area contributed by atoms with Crippen LogP contribution in [0.2, 0.25) is 0 Å². The molecule has 0 saturated carbocycles. The highest BCUT2D eigenvalue weighted by Gasteiger charge is 2.28. The molecule has 110 valence electrons. The van der Waals surface area contributed by atoms with Gasteiger partial charge in [-0.2, -0.15) is 5.10 Å². The van der Waals surface area contributed by atoms with E-state index in [1.807, 2.05) is 17.7 Å². The third kappa shape index (κ3) is 3.28. The van der Waals surface area contributed by atoms with Crippen molar-refractivity contribution >= 4 is 5.91 Å². The number of likely N-dealkylation sites (N-methyl/N-ethyl adjacent to an activating group) is 1. The molecule has 0 aromatic carbocycles. The minimum absolute atomic E-state index is 0.00379. The van der Waals surface area contributed by atoms with Crippen LogP contribution < -0.4 is 5.32 Å². The van der Waals surface area contributed by atoms with Crippen molar-refractivity contribution in [2.24, 2.45) is 0 Å². The molecule has 1 aliphatic rings. The molecule has 1 N–H and O–H groups in total. The van der Waals surface area contributed by atoms with Crippen LogP contribution in [0.5, 0.6) is 0 Å². The Kier molecular flexibility index (Phi) is 4.95. The number of nitrogens with one attached hydrogen (secondary N) is 1. The fourth-order valence-corrected chi connectivity index (χ4v) is 2.80. The Morgan fingerprint density at radius 2 is 2.40 bits per heavy atom. The number of hydrogen-bond donors (Lipinski definition) is 1. The number of aryl methyl sites for hydroxylation is 1. The minimum atomic E-state index is -0.00379. The number of piperidine rings is 1. The molecule has 1 aromatic rings. The summed E-state index contributed by atoms with van der Waals surface area (Å²) in [5, 5.41) is 7.25. The first-order valence-electron chi connectivity index (χ1n) is 7.25. The van der Waals surface area contributed by atoms with Crippen LogP contribution in [0.25, 0.3) is 0 Å². The summed E-state index contributed by atoms with van der Waals surface area (Å²) in [4.78, 5) is 14.2. The zero-order valence-corrected chi connectivity index (χ0v) is 12.4. The lowest BCUT2D eigenvalue weighted by Gasteiger charge is -2.34. The second kappa shape index (κ2) is 6.70. The summed E-state index contributed by atoms with van der Waals surface area (Å²) in [6.45, 7) is 8.25. The van der Waals surface area contributed by atoms with E-state index in [1.165, 1.54) is 5.56 Å². The molecule has 1 aromatic heterocycles. The van der Waals surface area contributed by atoms with Crippen LogP contribution in [0.4, 0.5) is 0 Å². The molecular formula is C15H24N4O. The predicted molar refractivity (Wildman–Crippen MR) is 79.3 cm³/mol. The average Bonchev–Trinajstić information content (AvgIpc) is 2.79. The van der Waals surface area contributed by atoms with E-state index in [2.05, 4.69) is 28.1 Å². The van der Waals surface area contributed by atoms with Gasteiger partial charge in [0.2, 0.25) is 5.91 Å². The van der Waals surface area contributed by atoms with Gasteiger partial charge in [-0.25, -0.2) is 0 Å². The maximum absolute atomic E-state index is 12.0. The molecule has 1 atom stereocenters. The van der Waals surface area contributed by atoms with Gasteiger partial charge in [-0.3, -0.25) is 14.4 Å². The number of amides is 1. The predicted octanol–water partition coefficient (Wildman–Crippen LogP) is 1.48. The second-order valence-electron chi connectivity index (χ2n) is 5.35. The quantitative estimate of drug-likeness (QED) is 0.829. The molecule has 2 rings (SSSR count). The van der Waals surface area contributed by atoms with E-state index < -0.39 is 0 Å². The van der Waals surface area contributed by atoms with E-state index >= 15 is 0 Å². The van der Waals surface area contributed by atoms with Gasteiger partial charge in [0.05, 0.1) is 18.3 Å². The van der Waals surface area contributed by atoms with Crippen molar-refractivity contribution in [1.29, 1.82) is 0 Å². The number of rotatable bonds is 5. The Balaban J connectivity index is 2.10. The van der Waals surface area contributed by atoms with Crippen molar-refractivity contribution in [3.63, 3.8) is 0 Å². The van der Waals surface area contributed by atoms with E-state index in [4.69, 9.17) is 0 Å². The summed E-state index contributed by atoms with van der Waals surface area (Å²) in [7, 11) is 1.71. The van der Waals surface area contributed by atoms with Crippen molar-refractivity contribution in [2.75, 3.05) is 13.6 Å². The summed E-state index contributed by atoms with van der Waals surface area (Å²) in [6.07, 6.45) is 7.13. The zero-order valence-electron chi connectivity index (χ0n) is 12.4. The van der Waals surface area contributed by atoms with Crippen molar-refractivity contribution in [1.82, 2.24) is 20.0 Å². The SMILES string of the molecule is C=CCn1cc(CN2CCCC[C@@H]2C(=O)NC)c(C)n1. The molecule has 1 fully saturated rings. The van der Waals surface area contributed by atoms with Crippen LogP contribution in [-0.2, 0) is 17.9 Å². The van der Waals surface area contributed by atoms with E-state index in [-0.39, 0.29) is 11.9 Å². The first-order chi connectivity index (χ1) is 9.65.